The molecule has 0 spiro atoms. The van der Waals surface area contributed by atoms with Gasteiger partial charge in [-0.2, -0.15) is 0 Å². The highest BCUT2D eigenvalue weighted by molar-refractivity contribution is 7.19. The van der Waals surface area contributed by atoms with Gasteiger partial charge in [0.2, 0.25) is 0 Å². The van der Waals surface area contributed by atoms with Crippen LogP contribution in [0.2, 0.25) is 0 Å². The van der Waals surface area contributed by atoms with Crippen LogP contribution in [-0.2, 0) is 6.42 Å². The Morgan fingerprint density at radius 3 is 2.93 bits per heavy atom. The third-order valence-electron chi connectivity index (χ3n) is 5.92. The lowest BCUT2D eigenvalue weighted by atomic mass is 9.95. The fourth-order valence-electron chi connectivity index (χ4n) is 4.39. The van der Waals surface area contributed by atoms with E-state index in [-0.39, 0.29) is 11.8 Å². The Bertz CT molecular complexity index is 1050. The van der Waals surface area contributed by atoms with Crippen molar-refractivity contribution in [2.75, 3.05) is 18.0 Å². The average Bonchev–Trinajstić information content (AvgIpc) is 3.46. The van der Waals surface area contributed by atoms with Gasteiger partial charge in [0, 0.05) is 54.1 Å². The largest absolute Gasteiger partial charge is 0.369 e. The molecule has 3 aromatic rings. The minimum Gasteiger partial charge on any atom is -0.369 e. The first-order valence-electron chi connectivity index (χ1n) is 10.4. The van der Waals surface area contributed by atoms with Gasteiger partial charge in [0.05, 0.1) is 10.2 Å². The number of ketones is 1. The molecule has 0 bridgehead atoms. The molecular formula is C23H26N4OS. The number of pyridine rings is 2. The number of nitrogens with two attached hydrogens (primary N) is 1. The van der Waals surface area contributed by atoms with Crippen LogP contribution in [0.5, 0.6) is 0 Å². The van der Waals surface area contributed by atoms with Crippen molar-refractivity contribution in [3.8, 4) is 0 Å². The minimum atomic E-state index is 0.0367. The van der Waals surface area contributed by atoms with Gasteiger partial charge in [-0.25, -0.2) is 4.98 Å². The summed E-state index contributed by atoms with van der Waals surface area (Å²) < 4.78 is 1.17. The summed E-state index contributed by atoms with van der Waals surface area (Å²) in [5, 5.41) is 0. The quantitative estimate of drug-likeness (QED) is 0.644. The molecule has 0 unspecified atom stereocenters. The van der Waals surface area contributed by atoms with Crippen LogP contribution in [0.15, 0.2) is 36.7 Å². The van der Waals surface area contributed by atoms with Crippen LogP contribution in [0.4, 0.5) is 5.69 Å². The molecule has 29 heavy (non-hydrogen) atoms. The van der Waals surface area contributed by atoms with Crippen LogP contribution >= 0.6 is 11.3 Å². The Kier molecular flexibility index (Phi) is 4.84. The molecule has 0 aromatic carbocycles. The van der Waals surface area contributed by atoms with Crippen LogP contribution < -0.4 is 10.6 Å². The maximum Gasteiger partial charge on any atom is 0.185 e. The van der Waals surface area contributed by atoms with Gasteiger partial charge in [-0.1, -0.05) is 6.92 Å². The zero-order valence-corrected chi connectivity index (χ0v) is 17.5. The molecule has 0 radical (unpaired) electrons. The van der Waals surface area contributed by atoms with Crippen LogP contribution in [0.1, 0.15) is 53.0 Å². The second kappa shape index (κ2) is 7.50. The van der Waals surface area contributed by atoms with Crippen molar-refractivity contribution in [1.82, 2.24) is 9.97 Å². The van der Waals surface area contributed by atoms with E-state index in [2.05, 4.69) is 27.9 Å². The maximum absolute atomic E-state index is 13.0. The van der Waals surface area contributed by atoms with Crippen molar-refractivity contribution in [2.45, 2.75) is 44.6 Å². The van der Waals surface area contributed by atoms with E-state index >= 15 is 0 Å². The summed E-state index contributed by atoms with van der Waals surface area (Å²) in [5.74, 6) is 1.29. The van der Waals surface area contributed by atoms with Gasteiger partial charge in [-0.15, -0.1) is 11.3 Å². The predicted molar refractivity (Wildman–Crippen MR) is 118 cm³/mol. The minimum absolute atomic E-state index is 0.0367. The van der Waals surface area contributed by atoms with Gasteiger partial charge in [0.25, 0.3) is 0 Å². The zero-order chi connectivity index (χ0) is 20.0. The molecular weight excluding hydrogens is 380 g/mol. The molecule has 1 saturated heterocycles. The molecule has 2 fully saturated rings. The highest BCUT2D eigenvalue weighted by atomic mass is 32.1. The molecule has 2 atom stereocenters. The summed E-state index contributed by atoms with van der Waals surface area (Å²) in [4.78, 5) is 25.7. The summed E-state index contributed by atoms with van der Waals surface area (Å²) in [5.41, 5.74) is 9.75. The van der Waals surface area contributed by atoms with Crippen LogP contribution in [-0.4, -0.2) is 34.9 Å². The summed E-state index contributed by atoms with van der Waals surface area (Å²) in [6.07, 6.45) is 7.52. The van der Waals surface area contributed by atoms with Crippen LogP contribution in [0, 0.1) is 5.92 Å². The van der Waals surface area contributed by atoms with E-state index in [0.717, 1.165) is 36.3 Å². The molecule has 5 nitrogen and oxygen atoms in total. The fraction of sp³-hybridized carbons (Fsp3) is 0.435. The summed E-state index contributed by atoms with van der Waals surface area (Å²) in [6, 6.07) is 8.25. The van der Waals surface area contributed by atoms with Crippen molar-refractivity contribution in [1.29, 1.82) is 0 Å². The van der Waals surface area contributed by atoms with Crippen molar-refractivity contribution in [3.63, 3.8) is 0 Å². The van der Waals surface area contributed by atoms with Crippen LogP contribution in [0.25, 0.3) is 10.2 Å². The number of thiophene rings is 1. The van der Waals surface area contributed by atoms with E-state index in [4.69, 9.17) is 5.73 Å². The Morgan fingerprint density at radius 2 is 2.14 bits per heavy atom. The zero-order valence-electron chi connectivity index (χ0n) is 16.7. The number of rotatable bonds is 5. The van der Waals surface area contributed by atoms with E-state index in [1.54, 1.807) is 6.20 Å². The molecule has 4 heterocycles. The van der Waals surface area contributed by atoms with Crippen molar-refractivity contribution >= 4 is 33.0 Å². The predicted octanol–water partition coefficient (Wildman–Crippen LogP) is 4.17. The molecule has 6 heteroatoms. The molecule has 5 rings (SSSR count). The third-order valence-corrected chi connectivity index (χ3v) is 7.17. The summed E-state index contributed by atoms with van der Waals surface area (Å²) in [6.45, 7) is 4.01. The SMILES string of the molecule is C[C@@H]1C[C@H](N)CN(c2ccncc2CC(=O)c2ccc3sc(C4CC4)cc3n2)C1. The first kappa shape index (κ1) is 18.7. The summed E-state index contributed by atoms with van der Waals surface area (Å²) >= 11 is 1.81. The number of anilines is 1. The molecule has 1 aliphatic heterocycles. The Labute approximate surface area is 175 Å². The number of carbonyl (C=O) groups is 1. The number of piperidine rings is 1. The monoisotopic (exact) mass is 406 g/mol. The number of fused-ring (bicyclic) bond motifs is 1. The van der Waals surface area contributed by atoms with Crippen molar-refractivity contribution in [3.05, 3.63) is 52.8 Å². The molecule has 3 aromatic heterocycles. The number of hydrogen-bond acceptors (Lipinski definition) is 6. The highest BCUT2D eigenvalue weighted by Crippen LogP contribution is 2.44. The summed E-state index contributed by atoms with van der Waals surface area (Å²) in [7, 11) is 0. The number of aromatic nitrogens is 2. The topological polar surface area (TPSA) is 72.1 Å². The van der Waals surface area contributed by atoms with Crippen LogP contribution in [0.3, 0.4) is 0 Å². The van der Waals surface area contributed by atoms with Gasteiger partial charge in [-0.05, 0) is 55.4 Å². The Morgan fingerprint density at radius 1 is 1.28 bits per heavy atom. The molecule has 2 aliphatic rings. The lowest BCUT2D eigenvalue weighted by Gasteiger charge is -2.37. The van der Waals surface area contributed by atoms with Crippen molar-refractivity contribution < 1.29 is 4.79 Å². The number of Topliss-reactive ketones (excluding diaryl/α,β-unsaturated/α-hetero) is 1. The second-order valence-corrected chi connectivity index (χ2v) is 9.73. The van der Waals surface area contributed by atoms with Gasteiger partial charge >= 0.3 is 0 Å². The van der Waals surface area contributed by atoms with E-state index < -0.39 is 0 Å². The standard InChI is InChI=1S/C23H26N4OS/c1-14-8-17(24)13-27(12-14)20-6-7-25-11-16(20)9-21(28)18-4-5-22-19(26-18)10-23(29-22)15-2-3-15/h4-7,10-11,14-15,17H,2-3,8-9,12-13,24H2,1H3/t14-,17+/m1/s1. The third kappa shape index (κ3) is 3.91. The maximum atomic E-state index is 13.0. The molecule has 2 N–H and O–H groups in total. The number of hydrogen-bond donors (Lipinski definition) is 1. The molecule has 1 aliphatic carbocycles. The van der Waals surface area contributed by atoms with E-state index in [9.17, 15) is 4.79 Å². The molecule has 0 amide bonds. The van der Waals surface area contributed by atoms with Gasteiger partial charge < -0.3 is 10.6 Å². The lowest BCUT2D eigenvalue weighted by molar-refractivity contribution is 0.0988. The first-order valence-corrected chi connectivity index (χ1v) is 11.3. The van der Waals surface area contributed by atoms with Gasteiger partial charge in [0.1, 0.15) is 5.69 Å². The Hall–Kier alpha value is -2.31. The van der Waals surface area contributed by atoms with E-state index in [0.29, 0.717) is 24.0 Å². The van der Waals surface area contributed by atoms with E-state index in [1.165, 1.54) is 22.4 Å². The van der Waals surface area contributed by atoms with Gasteiger partial charge in [-0.3, -0.25) is 9.78 Å². The molecule has 1 saturated carbocycles. The second-order valence-electron chi connectivity index (χ2n) is 8.61. The van der Waals surface area contributed by atoms with Gasteiger partial charge in [0.15, 0.2) is 5.78 Å². The normalized spacial score (nSPS) is 22.2. The lowest BCUT2D eigenvalue weighted by Crippen LogP contribution is -2.46. The number of carbonyl (C=O) groups excluding carboxylic acids is 1. The first-order chi connectivity index (χ1) is 14.1. The fourth-order valence-corrected chi connectivity index (χ4v) is 5.56. The van der Waals surface area contributed by atoms with Crippen molar-refractivity contribution in [2.24, 2.45) is 11.7 Å². The van der Waals surface area contributed by atoms with E-state index in [1.807, 2.05) is 35.7 Å². The average molecular weight is 407 g/mol. The smallest absolute Gasteiger partial charge is 0.185 e. The highest BCUT2D eigenvalue weighted by Gasteiger charge is 2.26. The number of nitrogens with zero attached hydrogens (tertiary/aromatic N) is 3. The molecule has 150 valence electrons. The Balaban J connectivity index is 1.39.